The molecule has 166 valence electrons. The van der Waals surface area contributed by atoms with E-state index in [9.17, 15) is 14.7 Å². The van der Waals surface area contributed by atoms with Crippen LogP contribution in [0.3, 0.4) is 0 Å². The normalized spacial score (nSPS) is 11.6. The zero-order valence-electron chi connectivity index (χ0n) is 20.0. The third kappa shape index (κ3) is 7.33. The standard InChI is InChI=1S/C25H25N3O3S.Li.H/c1-17-5-3-4-6-20(17)22-13-18(7-8-19-14-26-16-27-15-19)9-10-21(22)24(29)28-23(25(30)31)11-12-32-2;;/h3-10,13-16,23H,11-12H2,1-2H3,(H,28,29)(H,30,31);;/q;+1;-1/t23-;;/m0../s1. The summed E-state index contributed by atoms with van der Waals surface area (Å²) in [5.74, 6) is -0.785. The van der Waals surface area contributed by atoms with Gasteiger partial charge in [0.25, 0.3) is 5.91 Å². The number of nitrogens with zero attached hydrogens (tertiary/aromatic N) is 2. The number of carboxylic acids is 1. The van der Waals surface area contributed by atoms with Crippen LogP contribution in [0.2, 0.25) is 0 Å². The Balaban J connectivity index is 0.00000289. The van der Waals surface area contributed by atoms with Crippen LogP contribution < -0.4 is 24.2 Å². The molecule has 1 aromatic heterocycles. The van der Waals surface area contributed by atoms with E-state index in [1.165, 1.54) is 6.33 Å². The summed E-state index contributed by atoms with van der Waals surface area (Å²) >= 11 is 1.55. The number of thioether (sulfide) groups is 1. The second kappa shape index (κ2) is 13.0. The number of aryl methyl sites for hydroxylation is 1. The van der Waals surface area contributed by atoms with Crippen molar-refractivity contribution in [3.63, 3.8) is 0 Å². The minimum absolute atomic E-state index is 0. The van der Waals surface area contributed by atoms with Crippen molar-refractivity contribution >= 4 is 35.8 Å². The topological polar surface area (TPSA) is 92.2 Å². The number of aromatic nitrogens is 2. The van der Waals surface area contributed by atoms with Gasteiger partial charge >= 0.3 is 24.8 Å². The monoisotopic (exact) mass is 455 g/mol. The van der Waals surface area contributed by atoms with Gasteiger partial charge < -0.3 is 11.8 Å². The van der Waals surface area contributed by atoms with Crippen LogP contribution in [-0.2, 0) is 4.79 Å². The van der Waals surface area contributed by atoms with Crippen molar-refractivity contribution in [3.05, 3.63) is 83.4 Å². The Morgan fingerprint density at radius 2 is 1.79 bits per heavy atom. The van der Waals surface area contributed by atoms with Crippen LogP contribution in [0.25, 0.3) is 23.3 Å². The molecule has 2 aromatic carbocycles. The van der Waals surface area contributed by atoms with Crippen LogP contribution >= 0.6 is 11.8 Å². The first-order valence-corrected chi connectivity index (χ1v) is 11.5. The number of carbonyl (C=O) groups is 2. The van der Waals surface area contributed by atoms with E-state index in [2.05, 4.69) is 15.3 Å². The number of rotatable bonds is 9. The van der Waals surface area contributed by atoms with Crippen molar-refractivity contribution in [1.29, 1.82) is 0 Å². The van der Waals surface area contributed by atoms with Gasteiger partial charge in [0.2, 0.25) is 0 Å². The van der Waals surface area contributed by atoms with Crippen molar-refractivity contribution in [3.8, 4) is 11.1 Å². The predicted molar refractivity (Wildman–Crippen MR) is 131 cm³/mol. The first-order valence-electron chi connectivity index (χ1n) is 10.2. The van der Waals surface area contributed by atoms with E-state index >= 15 is 0 Å². The van der Waals surface area contributed by atoms with Gasteiger partial charge in [0.1, 0.15) is 12.4 Å². The van der Waals surface area contributed by atoms with E-state index in [1.807, 2.05) is 61.7 Å². The maximum absolute atomic E-state index is 13.1. The second-order valence-corrected chi connectivity index (χ2v) is 8.26. The number of aliphatic carboxylic acids is 1. The van der Waals surface area contributed by atoms with E-state index in [4.69, 9.17) is 0 Å². The number of hydrogen-bond donors (Lipinski definition) is 2. The molecule has 1 heterocycles. The van der Waals surface area contributed by atoms with Gasteiger partial charge in [-0.1, -0.05) is 42.5 Å². The van der Waals surface area contributed by atoms with Crippen molar-refractivity contribution in [2.75, 3.05) is 12.0 Å². The summed E-state index contributed by atoms with van der Waals surface area (Å²) < 4.78 is 0. The summed E-state index contributed by atoms with van der Waals surface area (Å²) in [4.78, 5) is 32.7. The molecule has 1 atom stereocenters. The van der Waals surface area contributed by atoms with Crippen LogP contribution in [0.15, 0.2) is 61.2 Å². The summed E-state index contributed by atoms with van der Waals surface area (Å²) in [5, 5.41) is 12.2. The van der Waals surface area contributed by atoms with Gasteiger partial charge in [-0.05, 0) is 59.7 Å². The van der Waals surface area contributed by atoms with E-state index in [0.29, 0.717) is 17.7 Å². The number of hydrogen-bond acceptors (Lipinski definition) is 5. The van der Waals surface area contributed by atoms with Gasteiger partial charge in [-0.2, -0.15) is 11.8 Å². The quantitative estimate of drug-likeness (QED) is 0.477. The number of nitrogens with one attached hydrogen (secondary N) is 1. The first-order chi connectivity index (χ1) is 15.5. The van der Waals surface area contributed by atoms with Crippen molar-refractivity contribution in [2.24, 2.45) is 0 Å². The molecule has 0 fully saturated rings. The minimum atomic E-state index is -1.03. The number of carboxylic acid groups (broad SMARTS) is 1. The first kappa shape index (κ1) is 26.4. The molecule has 33 heavy (non-hydrogen) atoms. The summed E-state index contributed by atoms with van der Waals surface area (Å²) in [7, 11) is 0. The van der Waals surface area contributed by atoms with Crippen LogP contribution in [0, 0.1) is 6.92 Å². The van der Waals surface area contributed by atoms with Gasteiger partial charge in [-0.15, -0.1) is 0 Å². The van der Waals surface area contributed by atoms with Crippen LogP contribution in [0.1, 0.15) is 34.9 Å². The van der Waals surface area contributed by atoms with Gasteiger partial charge in [-0.25, -0.2) is 14.8 Å². The second-order valence-electron chi connectivity index (χ2n) is 7.27. The average molecular weight is 456 g/mol. The van der Waals surface area contributed by atoms with Crippen LogP contribution in [0.4, 0.5) is 0 Å². The SMILES string of the molecule is CSCC[C@H](NC(=O)c1ccc(C=Cc2cncnc2)cc1-c1ccccc1C)C(=O)O.[H-].[Li+]. The molecular weight excluding hydrogens is 429 g/mol. The van der Waals surface area contributed by atoms with E-state index in [1.54, 1.807) is 30.2 Å². The fourth-order valence-electron chi connectivity index (χ4n) is 3.28. The van der Waals surface area contributed by atoms with Crippen molar-refractivity contribution in [2.45, 2.75) is 19.4 Å². The Kier molecular flexibility index (Phi) is 10.4. The Morgan fingerprint density at radius 1 is 1.09 bits per heavy atom. The fraction of sp³-hybridized carbons (Fsp3) is 0.200. The molecule has 0 saturated heterocycles. The van der Waals surface area contributed by atoms with Crippen LogP contribution in [0.5, 0.6) is 0 Å². The molecule has 0 saturated carbocycles. The predicted octanol–water partition coefficient (Wildman–Crippen LogP) is 1.68. The largest absolute Gasteiger partial charge is 1.00 e. The van der Waals surface area contributed by atoms with Crippen molar-refractivity contribution < 1.29 is 35.0 Å². The number of amides is 1. The Hall–Kier alpha value is -2.85. The molecule has 0 radical (unpaired) electrons. The fourth-order valence-corrected chi connectivity index (χ4v) is 3.75. The zero-order valence-corrected chi connectivity index (χ0v) is 19.8. The maximum Gasteiger partial charge on any atom is 1.00 e. The van der Waals surface area contributed by atoms with Gasteiger partial charge in [0.15, 0.2) is 0 Å². The third-order valence-electron chi connectivity index (χ3n) is 4.99. The summed E-state index contributed by atoms with van der Waals surface area (Å²) in [6.07, 6.45) is 11.0. The average Bonchev–Trinajstić information content (AvgIpc) is 2.81. The van der Waals surface area contributed by atoms with E-state index in [0.717, 1.165) is 27.8 Å². The molecule has 2 N–H and O–H groups in total. The molecule has 6 nitrogen and oxygen atoms in total. The molecule has 0 aliphatic carbocycles. The molecular formula is C25H26LiN3O3S. The molecule has 0 aliphatic heterocycles. The van der Waals surface area contributed by atoms with E-state index in [-0.39, 0.29) is 20.3 Å². The van der Waals surface area contributed by atoms with Gasteiger partial charge in [0.05, 0.1) is 0 Å². The molecule has 0 spiro atoms. The number of carbonyl (C=O) groups excluding carboxylic acids is 1. The molecule has 0 unspecified atom stereocenters. The zero-order chi connectivity index (χ0) is 22.9. The third-order valence-corrected chi connectivity index (χ3v) is 5.63. The molecule has 8 heteroatoms. The Labute approximate surface area is 211 Å². The molecule has 3 aromatic rings. The summed E-state index contributed by atoms with van der Waals surface area (Å²) in [6.45, 7) is 1.99. The Bertz CT molecular complexity index is 1130. The van der Waals surface area contributed by atoms with Crippen molar-refractivity contribution in [1.82, 2.24) is 15.3 Å². The molecule has 3 rings (SSSR count). The summed E-state index contributed by atoms with van der Waals surface area (Å²) in [6, 6.07) is 12.4. The molecule has 0 bridgehead atoms. The number of benzene rings is 2. The molecule has 0 aliphatic rings. The van der Waals surface area contributed by atoms with Crippen LogP contribution in [-0.4, -0.2) is 45.0 Å². The minimum Gasteiger partial charge on any atom is -1.00 e. The maximum atomic E-state index is 13.1. The van der Waals surface area contributed by atoms with E-state index < -0.39 is 17.9 Å². The Morgan fingerprint density at radius 3 is 2.45 bits per heavy atom. The van der Waals surface area contributed by atoms with Gasteiger partial charge in [-0.3, -0.25) is 4.79 Å². The van der Waals surface area contributed by atoms with Gasteiger partial charge in [0, 0.05) is 23.5 Å². The summed E-state index contributed by atoms with van der Waals surface area (Å²) in [5.41, 5.74) is 4.91. The smallest absolute Gasteiger partial charge is 1.00 e. The molecule has 1 amide bonds.